The van der Waals surface area contributed by atoms with Crippen LogP contribution in [0.5, 0.6) is 0 Å². The number of anilines is 2. The summed E-state index contributed by atoms with van der Waals surface area (Å²) in [5, 5.41) is 4.33. The van der Waals surface area contributed by atoms with Crippen molar-refractivity contribution in [1.29, 1.82) is 0 Å². The number of aromatic nitrogens is 2. The predicted molar refractivity (Wildman–Crippen MR) is 73.5 cm³/mol. The normalized spacial score (nSPS) is 39.7. The molecule has 4 bridgehead atoms. The van der Waals surface area contributed by atoms with Crippen LogP contribution in [0.3, 0.4) is 0 Å². The van der Waals surface area contributed by atoms with Crippen molar-refractivity contribution in [3.8, 4) is 0 Å². The number of nitrogen functional groups attached to an aromatic ring is 2. The minimum atomic E-state index is -0.193. The van der Waals surface area contributed by atoms with E-state index < -0.39 is 0 Å². The highest BCUT2D eigenvalue weighted by atomic mass is 16.1. The molecule has 4 saturated carbocycles. The van der Waals surface area contributed by atoms with E-state index in [0.717, 1.165) is 37.0 Å². The lowest BCUT2D eigenvalue weighted by atomic mass is 9.53. The Kier molecular flexibility index (Phi) is 2.10. The second-order valence-electron chi connectivity index (χ2n) is 6.87. The number of hydrogen-bond donors (Lipinski definition) is 2. The summed E-state index contributed by atoms with van der Waals surface area (Å²) < 4.78 is 1.67. The Hall–Kier alpha value is -1.52. The van der Waals surface area contributed by atoms with Crippen molar-refractivity contribution in [2.24, 2.45) is 17.8 Å². The molecule has 4 aliphatic carbocycles. The molecular weight excluding hydrogens is 240 g/mol. The van der Waals surface area contributed by atoms with Crippen LogP contribution >= 0.6 is 0 Å². The first kappa shape index (κ1) is 11.3. The maximum atomic E-state index is 12.4. The Bertz CT molecular complexity index is 556. The molecule has 0 spiro atoms. The molecule has 4 N–H and O–H groups in total. The molecule has 0 saturated heterocycles. The van der Waals surface area contributed by atoms with Crippen LogP contribution in [-0.4, -0.2) is 9.78 Å². The Morgan fingerprint density at radius 1 is 1.11 bits per heavy atom. The lowest BCUT2D eigenvalue weighted by Gasteiger charge is -2.56. The molecule has 1 aromatic rings. The maximum Gasteiger partial charge on any atom is 0.292 e. The van der Waals surface area contributed by atoms with E-state index in [2.05, 4.69) is 5.10 Å². The Morgan fingerprint density at radius 2 is 1.63 bits per heavy atom. The van der Waals surface area contributed by atoms with E-state index in [1.807, 2.05) is 0 Å². The fourth-order valence-corrected chi connectivity index (χ4v) is 5.14. The van der Waals surface area contributed by atoms with Crippen LogP contribution < -0.4 is 17.0 Å². The van der Waals surface area contributed by atoms with Gasteiger partial charge in [-0.2, -0.15) is 5.10 Å². The van der Waals surface area contributed by atoms with Crippen LogP contribution in [0.2, 0.25) is 0 Å². The van der Waals surface area contributed by atoms with Crippen LogP contribution in [0.4, 0.5) is 11.4 Å². The molecule has 4 fully saturated rings. The summed E-state index contributed by atoms with van der Waals surface area (Å²) in [5.41, 5.74) is 11.7. The van der Waals surface area contributed by atoms with Gasteiger partial charge < -0.3 is 11.5 Å². The van der Waals surface area contributed by atoms with Gasteiger partial charge in [0.1, 0.15) is 5.69 Å². The molecule has 0 aromatic carbocycles. The van der Waals surface area contributed by atoms with Gasteiger partial charge in [-0.25, -0.2) is 4.68 Å². The molecule has 0 amide bonds. The highest BCUT2D eigenvalue weighted by Gasteiger charge is 2.53. The molecule has 102 valence electrons. The van der Waals surface area contributed by atoms with E-state index in [-0.39, 0.29) is 16.8 Å². The van der Waals surface area contributed by atoms with Crippen LogP contribution in [0.1, 0.15) is 38.5 Å². The maximum absolute atomic E-state index is 12.4. The van der Waals surface area contributed by atoms with Gasteiger partial charge in [0.2, 0.25) is 0 Å². The third-order valence-corrected chi connectivity index (χ3v) is 5.50. The Labute approximate surface area is 112 Å². The minimum Gasteiger partial charge on any atom is -0.396 e. The lowest BCUT2D eigenvalue weighted by molar-refractivity contribution is -0.0517. The van der Waals surface area contributed by atoms with Crippen molar-refractivity contribution in [2.75, 3.05) is 11.5 Å². The van der Waals surface area contributed by atoms with Gasteiger partial charge >= 0.3 is 0 Å². The SMILES string of the molecule is Nc1cnn(C23CC4CC(CC(C4)C2)C3)c(=O)c1N. The van der Waals surface area contributed by atoms with Crippen molar-refractivity contribution < 1.29 is 0 Å². The molecule has 1 heterocycles. The van der Waals surface area contributed by atoms with Gasteiger partial charge in [-0.1, -0.05) is 0 Å². The zero-order valence-electron chi connectivity index (χ0n) is 11.0. The van der Waals surface area contributed by atoms with Crippen molar-refractivity contribution >= 4 is 11.4 Å². The zero-order valence-corrected chi connectivity index (χ0v) is 11.0. The van der Waals surface area contributed by atoms with Gasteiger partial charge in [0.05, 0.1) is 17.4 Å². The number of hydrogen-bond acceptors (Lipinski definition) is 4. The van der Waals surface area contributed by atoms with E-state index >= 15 is 0 Å². The third kappa shape index (κ3) is 1.47. The zero-order chi connectivity index (χ0) is 13.2. The first-order valence-electron chi connectivity index (χ1n) is 7.21. The quantitative estimate of drug-likeness (QED) is 0.797. The van der Waals surface area contributed by atoms with Crippen molar-refractivity contribution in [2.45, 2.75) is 44.1 Å². The molecular formula is C14H20N4O. The minimum absolute atomic E-state index is 0.0757. The lowest BCUT2D eigenvalue weighted by Crippen LogP contribution is -2.55. The molecule has 4 aliphatic rings. The van der Waals surface area contributed by atoms with Crippen LogP contribution in [-0.2, 0) is 5.54 Å². The van der Waals surface area contributed by atoms with Crippen molar-refractivity contribution in [1.82, 2.24) is 9.78 Å². The van der Waals surface area contributed by atoms with E-state index in [1.165, 1.54) is 25.5 Å². The molecule has 5 heteroatoms. The second-order valence-corrected chi connectivity index (χ2v) is 6.87. The van der Waals surface area contributed by atoms with Gasteiger partial charge in [-0.3, -0.25) is 4.79 Å². The highest BCUT2D eigenvalue weighted by Crippen LogP contribution is 2.58. The molecule has 1 aromatic heterocycles. The monoisotopic (exact) mass is 260 g/mol. The Morgan fingerprint density at radius 3 is 2.16 bits per heavy atom. The van der Waals surface area contributed by atoms with E-state index in [4.69, 9.17) is 11.5 Å². The molecule has 0 aliphatic heterocycles. The summed E-state index contributed by atoms with van der Waals surface area (Å²) in [6.07, 6.45) is 8.85. The standard InChI is InChI=1S/C14H20N4O/c15-11-7-17-18(13(19)12(11)16)14-4-8-1-9(5-14)3-10(2-8)6-14/h7-10H,1-6,15-16H2. The van der Waals surface area contributed by atoms with Crippen LogP contribution in [0, 0.1) is 17.8 Å². The number of nitrogens with two attached hydrogens (primary N) is 2. The topological polar surface area (TPSA) is 86.9 Å². The van der Waals surface area contributed by atoms with Crippen LogP contribution in [0.15, 0.2) is 11.0 Å². The summed E-state index contributed by atoms with van der Waals surface area (Å²) in [7, 11) is 0. The molecule has 0 radical (unpaired) electrons. The molecule has 5 rings (SSSR count). The molecule has 0 atom stereocenters. The highest BCUT2D eigenvalue weighted by molar-refractivity contribution is 5.59. The average molecular weight is 260 g/mol. The second kappa shape index (κ2) is 3.52. The average Bonchev–Trinajstić information content (AvgIpc) is 2.34. The third-order valence-electron chi connectivity index (χ3n) is 5.50. The van der Waals surface area contributed by atoms with Gasteiger partial charge in [0, 0.05) is 0 Å². The molecule has 19 heavy (non-hydrogen) atoms. The van der Waals surface area contributed by atoms with Gasteiger partial charge in [-0.05, 0) is 56.3 Å². The van der Waals surface area contributed by atoms with Crippen LogP contribution in [0.25, 0.3) is 0 Å². The molecule has 0 unspecified atom stereocenters. The number of nitrogens with zero attached hydrogens (tertiary/aromatic N) is 2. The summed E-state index contributed by atoms with van der Waals surface area (Å²) in [6, 6.07) is 0. The van der Waals surface area contributed by atoms with Crippen molar-refractivity contribution in [3.63, 3.8) is 0 Å². The molecule has 5 nitrogen and oxygen atoms in total. The van der Waals surface area contributed by atoms with Crippen molar-refractivity contribution in [3.05, 3.63) is 16.6 Å². The first-order chi connectivity index (χ1) is 9.07. The van der Waals surface area contributed by atoms with E-state index in [0.29, 0.717) is 5.69 Å². The van der Waals surface area contributed by atoms with E-state index in [9.17, 15) is 4.79 Å². The summed E-state index contributed by atoms with van der Waals surface area (Å²) in [5.74, 6) is 2.33. The largest absolute Gasteiger partial charge is 0.396 e. The summed E-state index contributed by atoms with van der Waals surface area (Å²) in [4.78, 5) is 12.4. The van der Waals surface area contributed by atoms with Gasteiger partial charge in [0.25, 0.3) is 5.56 Å². The van der Waals surface area contributed by atoms with E-state index in [1.54, 1.807) is 4.68 Å². The smallest absolute Gasteiger partial charge is 0.292 e. The predicted octanol–water partition coefficient (Wildman–Crippen LogP) is 1.33. The number of rotatable bonds is 1. The Balaban J connectivity index is 1.84. The van der Waals surface area contributed by atoms with Gasteiger partial charge in [-0.15, -0.1) is 0 Å². The van der Waals surface area contributed by atoms with Gasteiger partial charge in [0.15, 0.2) is 0 Å². The fraction of sp³-hybridized carbons (Fsp3) is 0.714. The summed E-state index contributed by atoms with van der Waals surface area (Å²) in [6.45, 7) is 0. The fourth-order valence-electron chi connectivity index (χ4n) is 5.14. The summed E-state index contributed by atoms with van der Waals surface area (Å²) >= 11 is 0. The first-order valence-corrected chi connectivity index (χ1v) is 7.21.